The number of hydrogen-bond donors (Lipinski definition) is 3. The zero-order chi connectivity index (χ0) is 24.1. The van der Waals surface area contributed by atoms with E-state index in [9.17, 15) is 14.0 Å². The average Bonchev–Trinajstić information content (AvgIpc) is 3.24. The van der Waals surface area contributed by atoms with Crippen LogP contribution >= 0.6 is 0 Å². The number of hydrogen-bond acceptors (Lipinski definition) is 5. The molecule has 0 aliphatic heterocycles. The van der Waals surface area contributed by atoms with Crippen molar-refractivity contribution in [2.75, 3.05) is 26.0 Å². The number of halogens is 1. The van der Waals surface area contributed by atoms with E-state index in [1.165, 1.54) is 18.2 Å². The normalized spacial score (nSPS) is 11.3. The second kappa shape index (κ2) is 9.95. The monoisotopic (exact) mass is 458 g/mol. The van der Waals surface area contributed by atoms with Crippen molar-refractivity contribution >= 4 is 28.9 Å². The first-order valence-corrected chi connectivity index (χ1v) is 10.6. The molecule has 2 aromatic heterocycles. The minimum Gasteiger partial charge on any atom is -0.359 e. The van der Waals surface area contributed by atoms with Crippen LogP contribution in [0.15, 0.2) is 72.8 Å². The topological polar surface area (TPSA) is 100 Å². The molecule has 3 N–H and O–H groups in total. The predicted octanol–water partition coefficient (Wildman–Crippen LogP) is 2.87. The van der Waals surface area contributed by atoms with Gasteiger partial charge in [0.1, 0.15) is 11.5 Å². The summed E-state index contributed by atoms with van der Waals surface area (Å²) >= 11 is 0. The number of carbonyl (C=O) groups is 2. The highest BCUT2D eigenvalue weighted by Crippen LogP contribution is 2.30. The van der Waals surface area contributed by atoms with E-state index in [2.05, 4.69) is 20.9 Å². The molecule has 2 heterocycles. The van der Waals surface area contributed by atoms with Crippen molar-refractivity contribution in [3.63, 3.8) is 0 Å². The van der Waals surface area contributed by atoms with Crippen LogP contribution < -0.4 is 16.0 Å². The number of nitrogens with one attached hydrogen (secondary N) is 3. The van der Waals surface area contributed by atoms with Gasteiger partial charge in [0, 0.05) is 31.3 Å². The van der Waals surface area contributed by atoms with Crippen LogP contribution in [0, 0.1) is 5.82 Å². The molecule has 0 aliphatic rings. The lowest BCUT2D eigenvalue weighted by atomic mass is 10.0. The Hall–Kier alpha value is -4.53. The number of aromatic nitrogens is 3. The third kappa shape index (κ3) is 4.78. The molecule has 2 aromatic carbocycles. The molecule has 0 spiro atoms. The molecule has 8 nitrogen and oxygen atoms in total. The molecule has 0 radical (unpaired) electrons. The van der Waals surface area contributed by atoms with Gasteiger partial charge in [-0.3, -0.25) is 9.59 Å². The van der Waals surface area contributed by atoms with Gasteiger partial charge in [-0.15, -0.1) is 0 Å². The number of imidazole rings is 1. The largest absolute Gasteiger partial charge is 0.359 e. The van der Waals surface area contributed by atoms with Gasteiger partial charge in [0.15, 0.2) is 11.5 Å². The summed E-state index contributed by atoms with van der Waals surface area (Å²) in [6, 6.07) is 18.9. The SMILES string of the molecule is CNC(=O)/C=C(\c1ccccc1)c1ccc2nc(NCC(=O)NC)c(-c3ccc(F)cc3)n2n1. The van der Waals surface area contributed by atoms with E-state index < -0.39 is 0 Å². The zero-order valence-electron chi connectivity index (χ0n) is 18.7. The maximum absolute atomic E-state index is 13.6. The summed E-state index contributed by atoms with van der Waals surface area (Å²) in [4.78, 5) is 28.6. The van der Waals surface area contributed by atoms with Gasteiger partial charge in [-0.2, -0.15) is 5.10 Å². The number of nitrogens with zero attached hydrogens (tertiary/aromatic N) is 3. The lowest BCUT2D eigenvalue weighted by Gasteiger charge is -2.10. The van der Waals surface area contributed by atoms with Crippen LogP contribution in [0.5, 0.6) is 0 Å². The highest BCUT2D eigenvalue weighted by atomic mass is 19.1. The summed E-state index contributed by atoms with van der Waals surface area (Å²) in [5.74, 6) is -0.420. The zero-order valence-corrected chi connectivity index (χ0v) is 18.7. The Kier molecular flexibility index (Phi) is 6.63. The molecule has 0 unspecified atom stereocenters. The van der Waals surface area contributed by atoms with E-state index in [-0.39, 0.29) is 24.2 Å². The predicted molar refractivity (Wildman–Crippen MR) is 129 cm³/mol. The molecule has 0 fully saturated rings. The molecule has 9 heteroatoms. The van der Waals surface area contributed by atoms with Crippen LogP contribution in [0.25, 0.3) is 22.5 Å². The summed E-state index contributed by atoms with van der Waals surface area (Å²) < 4.78 is 15.2. The van der Waals surface area contributed by atoms with E-state index in [4.69, 9.17) is 5.10 Å². The van der Waals surface area contributed by atoms with Gasteiger partial charge in [-0.05, 0) is 42.0 Å². The minimum atomic E-state index is -0.369. The van der Waals surface area contributed by atoms with Crippen LogP contribution in [0.3, 0.4) is 0 Å². The number of benzene rings is 2. The van der Waals surface area contributed by atoms with E-state index in [1.807, 2.05) is 30.3 Å². The molecule has 4 aromatic rings. The molecule has 0 saturated carbocycles. The number of anilines is 1. The standard InChI is InChI=1S/C25H23FN6O2/c1-27-22(33)14-19(16-6-4-3-5-7-16)20-12-13-21-30-25(29-15-23(34)28-2)24(32(21)31-20)17-8-10-18(26)11-9-17/h3-14,29H,15H2,1-2H3,(H,27,33)(H,28,34)/b19-14+. The van der Waals surface area contributed by atoms with Gasteiger partial charge in [-0.1, -0.05) is 30.3 Å². The molecule has 4 rings (SSSR count). The smallest absolute Gasteiger partial charge is 0.244 e. The molecule has 2 amide bonds. The van der Waals surface area contributed by atoms with Crippen molar-refractivity contribution in [1.82, 2.24) is 25.2 Å². The Morgan fingerprint density at radius 1 is 0.971 bits per heavy atom. The van der Waals surface area contributed by atoms with Gasteiger partial charge in [0.25, 0.3) is 0 Å². The Morgan fingerprint density at radius 2 is 1.71 bits per heavy atom. The van der Waals surface area contributed by atoms with Crippen LogP contribution in [-0.2, 0) is 9.59 Å². The number of carbonyl (C=O) groups excluding carboxylic acids is 2. The van der Waals surface area contributed by atoms with Crippen LogP contribution in [0.4, 0.5) is 10.2 Å². The maximum Gasteiger partial charge on any atom is 0.244 e. The first kappa shape index (κ1) is 22.7. The Bertz CT molecular complexity index is 1360. The molecular weight excluding hydrogens is 435 g/mol. The van der Waals surface area contributed by atoms with Crippen molar-refractivity contribution in [2.45, 2.75) is 0 Å². The third-order valence-electron chi connectivity index (χ3n) is 5.17. The van der Waals surface area contributed by atoms with Gasteiger partial charge in [0.05, 0.1) is 12.2 Å². The summed E-state index contributed by atoms with van der Waals surface area (Å²) in [5, 5.41) is 13.0. The van der Waals surface area contributed by atoms with E-state index in [0.717, 1.165) is 5.56 Å². The fraction of sp³-hybridized carbons (Fsp3) is 0.120. The lowest BCUT2D eigenvalue weighted by molar-refractivity contribution is -0.119. The molecule has 0 saturated heterocycles. The first-order chi connectivity index (χ1) is 16.5. The van der Waals surface area contributed by atoms with Crippen LogP contribution in [0.2, 0.25) is 0 Å². The molecular formula is C25H23FN6O2. The lowest BCUT2D eigenvalue weighted by Crippen LogP contribution is -2.26. The number of amides is 2. The summed E-state index contributed by atoms with van der Waals surface area (Å²) in [7, 11) is 3.11. The average molecular weight is 458 g/mol. The van der Waals surface area contributed by atoms with Gasteiger partial charge >= 0.3 is 0 Å². The van der Waals surface area contributed by atoms with Crippen molar-refractivity contribution in [2.24, 2.45) is 0 Å². The Balaban J connectivity index is 1.90. The second-order valence-electron chi connectivity index (χ2n) is 7.37. The Morgan fingerprint density at radius 3 is 2.38 bits per heavy atom. The number of likely N-dealkylation sites (N-methyl/N-ethyl adjacent to an activating group) is 2. The quantitative estimate of drug-likeness (QED) is 0.370. The highest BCUT2D eigenvalue weighted by molar-refractivity contribution is 5.98. The first-order valence-electron chi connectivity index (χ1n) is 10.6. The van der Waals surface area contributed by atoms with E-state index in [0.29, 0.717) is 34.0 Å². The van der Waals surface area contributed by atoms with Gasteiger partial charge < -0.3 is 16.0 Å². The van der Waals surface area contributed by atoms with Crippen LogP contribution in [0.1, 0.15) is 11.3 Å². The summed E-state index contributed by atoms with van der Waals surface area (Å²) in [6.45, 7) is 0.00722. The second-order valence-corrected chi connectivity index (χ2v) is 7.37. The third-order valence-corrected chi connectivity index (χ3v) is 5.17. The van der Waals surface area contributed by atoms with Crippen molar-refractivity contribution in [3.05, 3.63) is 89.9 Å². The van der Waals surface area contributed by atoms with E-state index >= 15 is 0 Å². The molecule has 34 heavy (non-hydrogen) atoms. The van der Waals surface area contributed by atoms with Crippen molar-refractivity contribution in [1.29, 1.82) is 0 Å². The fourth-order valence-electron chi connectivity index (χ4n) is 3.45. The Labute approximate surface area is 195 Å². The van der Waals surface area contributed by atoms with E-state index in [1.54, 1.807) is 42.9 Å². The molecule has 0 bridgehead atoms. The minimum absolute atomic E-state index is 0.00722. The summed E-state index contributed by atoms with van der Waals surface area (Å²) in [6.07, 6.45) is 1.49. The van der Waals surface area contributed by atoms with Crippen LogP contribution in [-0.4, -0.2) is 47.1 Å². The molecule has 0 atom stereocenters. The fourth-order valence-corrected chi connectivity index (χ4v) is 3.45. The molecule has 0 aliphatic carbocycles. The van der Waals surface area contributed by atoms with Crippen molar-refractivity contribution in [3.8, 4) is 11.3 Å². The highest BCUT2D eigenvalue weighted by Gasteiger charge is 2.18. The number of fused-ring (bicyclic) bond motifs is 1. The maximum atomic E-state index is 13.6. The van der Waals surface area contributed by atoms with Gasteiger partial charge in [0.2, 0.25) is 11.8 Å². The van der Waals surface area contributed by atoms with Crippen molar-refractivity contribution < 1.29 is 14.0 Å². The summed E-state index contributed by atoms with van der Waals surface area (Å²) in [5.41, 5.74) is 3.73. The van der Waals surface area contributed by atoms with Gasteiger partial charge in [-0.25, -0.2) is 13.9 Å². The number of rotatable bonds is 7. The molecule has 172 valence electrons.